The van der Waals surface area contributed by atoms with Crippen molar-refractivity contribution in [3.05, 3.63) is 29.3 Å². The van der Waals surface area contributed by atoms with Gasteiger partial charge in [-0.2, -0.15) is 0 Å². The third kappa shape index (κ3) is 4.37. The summed E-state index contributed by atoms with van der Waals surface area (Å²) in [7, 11) is 10.6. The van der Waals surface area contributed by atoms with Crippen LogP contribution in [0, 0.1) is 0 Å². The van der Waals surface area contributed by atoms with Crippen LogP contribution < -0.4 is 4.74 Å². The fourth-order valence-corrected chi connectivity index (χ4v) is 1.97. The average molecular weight is 293 g/mol. The van der Waals surface area contributed by atoms with E-state index in [4.69, 9.17) is 9.47 Å². The highest BCUT2D eigenvalue weighted by atomic mass is 16.5. The predicted octanol–water partition coefficient (Wildman–Crippen LogP) is 1.46. The highest BCUT2D eigenvalue weighted by Gasteiger charge is 2.13. The first kappa shape index (κ1) is 16.8. The van der Waals surface area contributed by atoms with Gasteiger partial charge in [-0.15, -0.1) is 0 Å². The first-order chi connectivity index (χ1) is 9.90. The Bertz CT molecular complexity index is 515. The van der Waals surface area contributed by atoms with Crippen LogP contribution in [0.5, 0.6) is 5.75 Å². The SMILES string of the molecule is COC(=O)c1cc(CN=C(N(C)C)N(C)C)ccc1OC. The number of hydrogen-bond acceptors (Lipinski definition) is 4. The summed E-state index contributed by atoms with van der Waals surface area (Å²) < 4.78 is 9.94. The molecule has 6 heteroatoms. The molecule has 0 radical (unpaired) electrons. The summed E-state index contributed by atoms with van der Waals surface area (Å²) in [6, 6.07) is 5.39. The molecule has 0 fully saturated rings. The Balaban J connectivity index is 3.05. The third-order valence-electron chi connectivity index (χ3n) is 2.87. The van der Waals surface area contributed by atoms with Crippen LogP contribution >= 0.6 is 0 Å². The molecule has 0 bridgehead atoms. The van der Waals surface area contributed by atoms with E-state index in [9.17, 15) is 4.79 Å². The quantitative estimate of drug-likeness (QED) is 0.478. The molecule has 116 valence electrons. The van der Waals surface area contributed by atoms with E-state index in [2.05, 4.69) is 4.99 Å². The lowest BCUT2D eigenvalue weighted by atomic mass is 10.1. The van der Waals surface area contributed by atoms with Crippen LogP contribution in [-0.2, 0) is 11.3 Å². The van der Waals surface area contributed by atoms with Crippen molar-refractivity contribution in [1.29, 1.82) is 0 Å². The lowest BCUT2D eigenvalue weighted by Gasteiger charge is -2.22. The maximum atomic E-state index is 11.7. The number of benzene rings is 1. The first-order valence-corrected chi connectivity index (χ1v) is 6.55. The minimum Gasteiger partial charge on any atom is -0.496 e. The molecule has 1 aromatic carbocycles. The molecule has 0 aliphatic heterocycles. The standard InChI is InChI=1S/C15H23N3O3/c1-17(2)15(18(3)4)16-10-11-7-8-13(20-5)12(9-11)14(19)21-6/h7-9H,10H2,1-6H3. The second kappa shape index (κ2) is 7.52. The normalized spacial score (nSPS) is 9.81. The zero-order chi connectivity index (χ0) is 16.0. The number of rotatable bonds is 4. The van der Waals surface area contributed by atoms with E-state index in [0.717, 1.165) is 11.5 Å². The monoisotopic (exact) mass is 293 g/mol. The maximum absolute atomic E-state index is 11.7. The van der Waals surface area contributed by atoms with Gasteiger partial charge in [-0.1, -0.05) is 6.07 Å². The average Bonchev–Trinajstić information content (AvgIpc) is 2.45. The van der Waals surface area contributed by atoms with Gasteiger partial charge in [0.2, 0.25) is 0 Å². The summed E-state index contributed by atoms with van der Waals surface area (Å²) >= 11 is 0. The van der Waals surface area contributed by atoms with Crippen LogP contribution in [0.1, 0.15) is 15.9 Å². The summed E-state index contributed by atoms with van der Waals surface area (Å²) in [5.41, 5.74) is 1.32. The van der Waals surface area contributed by atoms with Crippen molar-refractivity contribution in [2.45, 2.75) is 6.54 Å². The van der Waals surface area contributed by atoms with Crippen molar-refractivity contribution in [2.75, 3.05) is 42.4 Å². The van der Waals surface area contributed by atoms with E-state index < -0.39 is 5.97 Å². The Morgan fingerprint density at radius 2 is 1.76 bits per heavy atom. The van der Waals surface area contributed by atoms with Gasteiger partial charge in [0.25, 0.3) is 0 Å². The van der Waals surface area contributed by atoms with Crippen molar-refractivity contribution in [3.8, 4) is 5.75 Å². The smallest absolute Gasteiger partial charge is 0.341 e. The van der Waals surface area contributed by atoms with Gasteiger partial charge in [0, 0.05) is 28.2 Å². The van der Waals surface area contributed by atoms with E-state index >= 15 is 0 Å². The molecule has 0 aliphatic rings. The zero-order valence-electron chi connectivity index (χ0n) is 13.5. The van der Waals surface area contributed by atoms with E-state index in [-0.39, 0.29) is 0 Å². The molecule has 0 atom stereocenters. The summed E-state index contributed by atoms with van der Waals surface area (Å²) in [5.74, 6) is 0.929. The minimum atomic E-state index is -0.418. The molecule has 0 spiro atoms. The number of guanidine groups is 1. The van der Waals surface area contributed by atoms with Crippen LogP contribution in [0.25, 0.3) is 0 Å². The molecule has 0 amide bonds. The highest BCUT2D eigenvalue weighted by Crippen LogP contribution is 2.21. The Morgan fingerprint density at radius 3 is 2.24 bits per heavy atom. The van der Waals surface area contributed by atoms with Gasteiger partial charge in [-0.05, 0) is 17.7 Å². The molecule has 0 aromatic heterocycles. The number of carbonyl (C=O) groups excluding carboxylic acids is 1. The van der Waals surface area contributed by atoms with Crippen molar-refractivity contribution in [2.24, 2.45) is 4.99 Å². The van der Waals surface area contributed by atoms with Gasteiger partial charge in [-0.3, -0.25) is 0 Å². The number of nitrogens with zero attached hydrogens (tertiary/aromatic N) is 3. The molecular formula is C15H23N3O3. The molecule has 0 unspecified atom stereocenters. The zero-order valence-corrected chi connectivity index (χ0v) is 13.5. The van der Waals surface area contributed by atoms with Crippen molar-refractivity contribution >= 4 is 11.9 Å². The van der Waals surface area contributed by atoms with Gasteiger partial charge in [-0.25, -0.2) is 9.79 Å². The lowest BCUT2D eigenvalue weighted by molar-refractivity contribution is 0.0597. The van der Waals surface area contributed by atoms with Gasteiger partial charge in [0.05, 0.1) is 20.8 Å². The third-order valence-corrected chi connectivity index (χ3v) is 2.87. The molecule has 1 aromatic rings. The first-order valence-electron chi connectivity index (χ1n) is 6.55. The topological polar surface area (TPSA) is 54.4 Å². The molecule has 0 saturated heterocycles. The largest absolute Gasteiger partial charge is 0.496 e. The Hall–Kier alpha value is -2.24. The molecular weight excluding hydrogens is 270 g/mol. The fraction of sp³-hybridized carbons (Fsp3) is 0.467. The van der Waals surface area contributed by atoms with Crippen LogP contribution in [0.2, 0.25) is 0 Å². The van der Waals surface area contributed by atoms with Gasteiger partial charge in [0.1, 0.15) is 11.3 Å². The summed E-state index contributed by atoms with van der Waals surface area (Å²) in [4.78, 5) is 20.2. The Kier molecular flexibility index (Phi) is 6.02. The van der Waals surface area contributed by atoms with Crippen LogP contribution in [0.3, 0.4) is 0 Å². The number of ether oxygens (including phenoxy) is 2. The second-order valence-corrected chi connectivity index (χ2v) is 4.93. The molecule has 0 aliphatic carbocycles. The molecule has 0 heterocycles. The maximum Gasteiger partial charge on any atom is 0.341 e. The van der Waals surface area contributed by atoms with Crippen LogP contribution in [-0.4, -0.2) is 64.1 Å². The van der Waals surface area contributed by atoms with Crippen molar-refractivity contribution < 1.29 is 14.3 Å². The van der Waals surface area contributed by atoms with E-state index in [0.29, 0.717) is 17.9 Å². The van der Waals surface area contributed by atoms with Crippen LogP contribution in [0.15, 0.2) is 23.2 Å². The molecule has 0 saturated carbocycles. The molecule has 0 N–H and O–H groups in total. The van der Waals surface area contributed by atoms with E-state index in [1.807, 2.05) is 44.1 Å². The number of hydrogen-bond donors (Lipinski definition) is 0. The van der Waals surface area contributed by atoms with Crippen LogP contribution in [0.4, 0.5) is 0 Å². The van der Waals surface area contributed by atoms with Crippen molar-refractivity contribution in [1.82, 2.24) is 9.80 Å². The highest BCUT2D eigenvalue weighted by molar-refractivity contribution is 5.92. The number of carbonyl (C=O) groups is 1. The van der Waals surface area contributed by atoms with Crippen molar-refractivity contribution in [3.63, 3.8) is 0 Å². The minimum absolute atomic E-state index is 0.406. The predicted molar refractivity (Wildman–Crippen MR) is 82.8 cm³/mol. The summed E-state index contributed by atoms with van der Waals surface area (Å²) in [5, 5.41) is 0. The fourth-order valence-electron chi connectivity index (χ4n) is 1.97. The van der Waals surface area contributed by atoms with Gasteiger partial charge < -0.3 is 19.3 Å². The summed E-state index contributed by atoms with van der Waals surface area (Å²) in [6.45, 7) is 0.472. The number of aliphatic imine (C=N–C) groups is 1. The second-order valence-electron chi connectivity index (χ2n) is 4.93. The van der Waals surface area contributed by atoms with Gasteiger partial charge >= 0.3 is 5.97 Å². The Labute approximate surface area is 126 Å². The number of methoxy groups -OCH3 is 2. The lowest BCUT2D eigenvalue weighted by Crippen LogP contribution is -2.35. The van der Waals surface area contributed by atoms with Gasteiger partial charge in [0.15, 0.2) is 5.96 Å². The number of esters is 1. The Morgan fingerprint density at radius 1 is 1.14 bits per heavy atom. The van der Waals surface area contributed by atoms with E-state index in [1.54, 1.807) is 12.1 Å². The molecule has 1 rings (SSSR count). The molecule has 6 nitrogen and oxygen atoms in total. The summed E-state index contributed by atoms with van der Waals surface area (Å²) in [6.07, 6.45) is 0. The van der Waals surface area contributed by atoms with E-state index in [1.165, 1.54) is 14.2 Å². The molecule has 21 heavy (non-hydrogen) atoms.